The van der Waals surface area contributed by atoms with E-state index >= 15 is 0 Å². The highest BCUT2D eigenvalue weighted by molar-refractivity contribution is 6.34. The van der Waals surface area contributed by atoms with Gasteiger partial charge in [0.2, 0.25) is 12.1 Å². The molecule has 2 aliphatic heterocycles. The minimum atomic E-state index is -1.04. The molecule has 2 saturated heterocycles. The van der Waals surface area contributed by atoms with Crippen molar-refractivity contribution in [2.24, 2.45) is 5.41 Å². The monoisotopic (exact) mass is 551 g/mol. The molecule has 2 aliphatic rings. The van der Waals surface area contributed by atoms with Crippen molar-refractivity contribution in [1.29, 1.82) is 0 Å². The van der Waals surface area contributed by atoms with E-state index in [-0.39, 0.29) is 36.0 Å². The first-order valence-corrected chi connectivity index (χ1v) is 13.1. The number of hydrogen-bond acceptors (Lipinski definition) is 7. The first-order chi connectivity index (χ1) is 17.8. The van der Waals surface area contributed by atoms with Crippen molar-refractivity contribution in [3.05, 3.63) is 28.8 Å². The summed E-state index contributed by atoms with van der Waals surface area (Å²) >= 11 is 6.32. The number of anilines is 1. The molecular formula is C26H36ClN4O7+. The predicted molar refractivity (Wildman–Crippen MR) is 139 cm³/mol. The molecule has 3 atom stereocenters. The maximum atomic E-state index is 14.1. The Morgan fingerprint density at radius 1 is 1.18 bits per heavy atom. The highest BCUT2D eigenvalue weighted by atomic mass is 35.5. The number of likely N-dealkylation sites (tertiary alicyclic amines) is 1. The number of halogens is 1. The molecule has 5 amide bonds. The van der Waals surface area contributed by atoms with Crippen LogP contribution in [0.5, 0.6) is 0 Å². The number of rotatable bonds is 7. The first kappa shape index (κ1) is 29.5. The minimum absolute atomic E-state index is 0.00882. The lowest BCUT2D eigenvalue weighted by atomic mass is 9.85. The average molecular weight is 552 g/mol. The lowest BCUT2D eigenvalue weighted by molar-refractivity contribution is -0.761. The van der Waals surface area contributed by atoms with Gasteiger partial charge in [0.05, 0.1) is 30.1 Å². The zero-order valence-electron chi connectivity index (χ0n) is 22.4. The molecule has 3 N–H and O–H groups in total. The van der Waals surface area contributed by atoms with Crippen molar-refractivity contribution in [2.45, 2.75) is 72.3 Å². The van der Waals surface area contributed by atoms with Gasteiger partial charge in [0.15, 0.2) is 6.04 Å². The number of benzene rings is 1. The van der Waals surface area contributed by atoms with Crippen LogP contribution in [-0.4, -0.2) is 72.3 Å². The Morgan fingerprint density at radius 2 is 1.84 bits per heavy atom. The summed E-state index contributed by atoms with van der Waals surface area (Å²) in [4.78, 5) is 64.2. The SMILES string of the molecule is CCO[C@H]1CC(=O)O[C@H]1NC(=O)[N+]1(C(=O)[C@@H](NC(=O)c2ccc(NC(C)=O)cc2Cl)C(C)(C)C)CCCC1. The highest BCUT2D eigenvalue weighted by Gasteiger charge is 2.54. The van der Waals surface area contributed by atoms with Gasteiger partial charge in [-0.15, -0.1) is 0 Å². The highest BCUT2D eigenvalue weighted by Crippen LogP contribution is 2.30. The summed E-state index contributed by atoms with van der Waals surface area (Å²) in [5.41, 5.74) is -0.201. The second-order valence-corrected chi connectivity index (χ2v) is 11.1. The van der Waals surface area contributed by atoms with Crippen LogP contribution in [0.25, 0.3) is 0 Å². The predicted octanol–water partition coefficient (Wildman–Crippen LogP) is 2.97. The van der Waals surface area contributed by atoms with Crippen molar-refractivity contribution < 1.29 is 37.9 Å². The van der Waals surface area contributed by atoms with Gasteiger partial charge in [0, 0.05) is 32.1 Å². The number of amides is 5. The summed E-state index contributed by atoms with van der Waals surface area (Å²) in [6.45, 7) is 9.35. The van der Waals surface area contributed by atoms with Gasteiger partial charge in [0.25, 0.3) is 5.91 Å². The van der Waals surface area contributed by atoms with Crippen LogP contribution in [0, 0.1) is 5.41 Å². The van der Waals surface area contributed by atoms with E-state index in [2.05, 4.69) is 16.0 Å². The molecule has 2 fully saturated rings. The standard InChI is InChI=1S/C26H35ClN4O7/c1-6-37-19-14-20(33)38-23(19)30-25(36)31(11-7-8-12-31)24(35)21(26(3,4)5)29-22(34)17-10-9-16(13-18(17)27)28-15(2)32/h9-10,13,19,21,23H,6-8,11-12,14H2,1-5H3,(H2-,28,29,30,32,34,36)/p+1/t19-,21+,23+/m0/s1. The molecule has 0 bridgehead atoms. The van der Waals surface area contributed by atoms with Crippen molar-refractivity contribution in [3.8, 4) is 0 Å². The van der Waals surface area contributed by atoms with Gasteiger partial charge in [-0.25, -0.2) is 9.59 Å². The summed E-state index contributed by atoms with van der Waals surface area (Å²) in [6.07, 6.45) is -0.356. The van der Waals surface area contributed by atoms with Crippen LogP contribution in [-0.2, 0) is 23.9 Å². The number of quaternary nitrogens is 1. The zero-order chi connectivity index (χ0) is 28.3. The number of carbonyl (C=O) groups excluding carboxylic acids is 5. The van der Waals surface area contributed by atoms with E-state index in [1.54, 1.807) is 27.7 Å². The zero-order valence-corrected chi connectivity index (χ0v) is 23.1. The number of esters is 1. The number of ether oxygens (including phenoxy) is 2. The number of nitrogens with one attached hydrogen (secondary N) is 3. The first-order valence-electron chi connectivity index (χ1n) is 12.7. The van der Waals surface area contributed by atoms with E-state index in [4.69, 9.17) is 21.1 Å². The van der Waals surface area contributed by atoms with E-state index in [0.29, 0.717) is 25.1 Å². The summed E-state index contributed by atoms with van der Waals surface area (Å²) in [7, 11) is 0. The van der Waals surface area contributed by atoms with Gasteiger partial charge >= 0.3 is 17.9 Å². The fourth-order valence-corrected chi connectivity index (χ4v) is 5.02. The molecule has 0 aliphatic carbocycles. The Labute approximate surface area is 227 Å². The molecule has 0 radical (unpaired) electrons. The Bertz CT molecular complexity index is 1110. The molecule has 2 heterocycles. The van der Waals surface area contributed by atoms with Crippen LogP contribution < -0.4 is 16.0 Å². The van der Waals surface area contributed by atoms with E-state index in [1.165, 1.54) is 25.1 Å². The fraction of sp³-hybridized carbons (Fsp3) is 0.577. The van der Waals surface area contributed by atoms with Gasteiger partial charge in [-0.05, 0) is 30.5 Å². The molecular weight excluding hydrogens is 516 g/mol. The van der Waals surface area contributed by atoms with Gasteiger partial charge in [-0.3, -0.25) is 19.7 Å². The fourth-order valence-electron chi connectivity index (χ4n) is 4.75. The molecule has 0 spiro atoms. The molecule has 1 aromatic rings. The van der Waals surface area contributed by atoms with Gasteiger partial charge in [-0.2, -0.15) is 4.48 Å². The maximum absolute atomic E-state index is 14.1. The molecule has 0 aromatic heterocycles. The second kappa shape index (κ2) is 11.8. The molecule has 12 heteroatoms. The minimum Gasteiger partial charge on any atom is -0.439 e. The smallest absolute Gasteiger partial charge is 0.427 e. The Balaban J connectivity index is 1.85. The van der Waals surface area contributed by atoms with Crippen molar-refractivity contribution >= 4 is 47.0 Å². The number of imide groups is 1. The van der Waals surface area contributed by atoms with Gasteiger partial charge < -0.3 is 20.1 Å². The molecule has 0 unspecified atom stereocenters. The molecule has 1 aromatic carbocycles. The van der Waals surface area contributed by atoms with Crippen LogP contribution in [0.1, 0.15) is 64.2 Å². The maximum Gasteiger partial charge on any atom is 0.427 e. The molecule has 38 heavy (non-hydrogen) atoms. The number of nitrogens with zero attached hydrogens (tertiary/aromatic N) is 1. The Kier molecular flexibility index (Phi) is 9.17. The summed E-state index contributed by atoms with van der Waals surface area (Å²) in [5, 5.41) is 8.20. The third-order valence-corrected chi connectivity index (χ3v) is 6.99. The topological polar surface area (TPSA) is 140 Å². The molecule has 11 nitrogen and oxygen atoms in total. The third-order valence-electron chi connectivity index (χ3n) is 6.67. The summed E-state index contributed by atoms with van der Waals surface area (Å²) in [6, 6.07) is 2.81. The van der Waals surface area contributed by atoms with Crippen LogP contribution in [0.2, 0.25) is 5.02 Å². The number of carbonyl (C=O) groups is 5. The van der Waals surface area contributed by atoms with Crippen LogP contribution in [0.3, 0.4) is 0 Å². The van der Waals surface area contributed by atoms with E-state index in [1.807, 2.05) is 0 Å². The van der Waals surface area contributed by atoms with Crippen LogP contribution in [0.15, 0.2) is 18.2 Å². The molecule has 0 saturated carbocycles. The quantitative estimate of drug-likeness (QED) is 0.349. The largest absolute Gasteiger partial charge is 0.439 e. The van der Waals surface area contributed by atoms with Gasteiger partial charge in [0.1, 0.15) is 6.10 Å². The normalized spacial score (nSPS) is 21.4. The average Bonchev–Trinajstić information content (AvgIpc) is 3.44. The Morgan fingerprint density at radius 3 is 2.39 bits per heavy atom. The second-order valence-electron chi connectivity index (χ2n) is 10.7. The summed E-state index contributed by atoms with van der Waals surface area (Å²) in [5.74, 6) is -1.83. The van der Waals surface area contributed by atoms with E-state index < -0.39 is 52.1 Å². The van der Waals surface area contributed by atoms with Crippen LogP contribution >= 0.6 is 11.6 Å². The van der Waals surface area contributed by atoms with Crippen LogP contribution in [0.4, 0.5) is 10.5 Å². The van der Waals surface area contributed by atoms with E-state index in [9.17, 15) is 24.0 Å². The summed E-state index contributed by atoms with van der Waals surface area (Å²) < 4.78 is 10.3. The van der Waals surface area contributed by atoms with E-state index in [0.717, 1.165) is 0 Å². The van der Waals surface area contributed by atoms with Crippen molar-refractivity contribution in [3.63, 3.8) is 0 Å². The van der Waals surface area contributed by atoms with Crippen molar-refractivity contribution in [2.75, 3.05) is 25.0 Å². The third kappa shape index (κ3) is 6.51. The molecule has 3 rings (SSSR count). The lowest BCUT2D eigenvalue weighted by Crippen LogP contribution is -2.68. The number of hydrogen-bond donors (Lipinski definition) is 3. The van der Waals surface area contributed by atoms with Gasteiger partial charge in [-0.1, -0.05) is 32.4 Å². The van der Waals surface area contributed by atoms with Crippen molar-refractivity contribution in [1.82, 2.24) is 10.6 Å². The lowest BCUT2D eigenvalue weighted by Gasteiger charge is -2.37. The number of cyclic esters (lactones) is 1. The number of urea groups is 1. The molecule has 208 valence electrons. The Hall–Kier alpha value is -3.02.